The summed E-state index contributed by atoms with van der Waals surface area (Å²) >= 11 is 0. The van der Waals surface area contributed by atoms with Crippen LogP contribution in [0.15, 0.2) is 22.8 Å². The zero-order chi connectivity index (χ0) is 18.0. The van der Waals surface area contributed by atoms with E-state index in [-0.39, 0.29) is 5.78 Å². The van der Waals surface area contributed by atoms with Gasteiger partial charge in [-0.1, -0.05) is 103 Å². The predicted octanol–water partition coefficient (Wildman–Crippen LogP) is 8.11. The average Bonchev–Trinajstić information content (AvgIpc) is 3.16. The highest BCUT2D eigenvalue weighted by Gasteiger charge is 2.07. The molecular weight excluding hydrogens is 308 g/mol. The third kappa shape index (κ3) is 12.9. The smallest absolute Gasteiger partial charge is 0.197 e. The fourth-order valence-electron chi connectivity index (χ4n) is 3.39. The number of unbranched alkanes of at least 4 members (excludes halogenated alkanes) is 15. The highest BCUT2D eigenvalue weighted by atomic mass is 16.3. The van der Waals surface area contributed by atoms with Crippen molar-refractivity contribution >= 4 is 5.78 Å². The molecule has 1 heterocycles. The lowest BCUT2D eigenvalue weighted by atomic mass is 10.0. The number of ketones is 1. The molecule has 0 fully saturated rings. The van der Waals surface area contributed by atoms with Crippen molar-refractivity contribution in [1.29, 1.82) is 0 Å². The lowest BCUT2D eigenvalue weighted by Gasteiger charge is -2.03. The van der Waals surface area contributed by atoms with Crippen LogP contribution >= 0.6 is 0 Å². The summed E-state index contributed by atoms with van der Waals surface area (Å²) in [5.41, 5.74) is 0. The Labute approximate surface area is 155 Å². The van der Waals surface area contributed by atoms with Crippen LogP contribution in [0.4, 0.5) is 0 Å². The number of furan rings is 1. The number of Topliss-reactive ketones (excluding diaryl/α,β-unsaturated/α-hetero) is 1. The summed E-state index contributed by atoms with van der Waals surface area (Å²) in [6, 6.07) is 3.54. The molecule has 25 heavy (non-hydrogen) atoms. The normalized spacial score (nSPS) is 11.1. The first-order valence-corrected chi connectivity index (χ1v) is 10.9. The Morgan fingerprint density at radius 2 is 1.16 bits per heavy atom. The molecule has 144 valence electrons. The number of carbonyl (C=O) groups is 1. The van der Waals surface area contributed by atoms with Crippen molar-refractivity contribution in [3.05, 3.63) is 24.2 Å². The van der Waals surface area contributed by atoms with Gasteiger partial charge in [0.2, 0.25) is 0 Å². The van der Waals surface area contributed by atoms with Crippen LogP contribution in [-0.2, 0) is 0 Å². The third-order valence-electron chi connectivity index (χ3n) is 5.05. The van der Waals surface area contributed by atoms with Gasteiger partial charge in [0, 0.05) is 6.42 Å². The SMILES string of the molecule is CCCCCCCCCCCCCCCCCCC(=O)c1ccco1. The van der Waals surface area contributed by atoms with Gasteiger partial charge in [0.1, 0.15) is 0 Å². The Morgan fingerprint density at radius 1 is 0.720 bits per heavy atom. The van der Waals surface area contributed by atoms with Gasteiger partial charge in [0.15, 0.2) is 11.5 Å². The molecule has 0 saturated carbocycles. The monoisotopic (exact) mass is 348 g/mol. The second-order valence-corrected chi connectivity index (χ2v) is 7.45. The standard InChI is InChI=1S/C23H40O2/c1-2-3-4-5-6-7-8-9-10-11-12-13-14-15-16-17-19-22(24)23-20-18-21-25-23/h18,20-21H,2-17,19H2,1H3. The zero-order valence-electron chi connectivity index (χ0n) is 16.6. The van der Waals surface area contributed by atoms with Crippen molar-refractivity contribution in [2.24, 2.45) is 0 Å². The summed E-state index contributed by atoms with van der Waals surface area (Å²) in [6.07, 6.45) is 24.0. The van der Waals surface area contributed by atoms with Crippen LogP contribution in [0, 0.1) is 0 Å². The van der Waals surface area contributed by atoms with Crippen LogP contribution in [0.5, 0.6) is 0 Å². The van der Waals surface area contributed by atoms with Gasteiger partial charge in [-0.25, -0.2) is 0 Å². The molecule has 0 aliphatic heterocycles. The molecule has 0 aliphatic carbocycles. The second-order valence-electron chi connectivity index (χ2n) is 7.45. The van der Waals surface area contributed by atoms with Crippen LogP contribution in [0.1, 0.15) is 127 Å². The minimum atomic E-state index is 0.148. The van der Waals surface area contributed by atoms with Gasteiger partial charge in [-0.3, -0.25) is 4.79 Å². The summed E-state index contributed by atoms with van der Waals surface area (Å²) in [6.45, 7) is 2.28. The molecule has 0 N–H and O–H groups in total. The van der Waals surface area contributed by atoms with Crippen LogP contribution in [-0.4, -0.2) is 5.78 Å². The van der Waals surface area contributed by atoms with E-state index in [1.165, 1.54) is 96.3 Å². The van der Waals surface area contributed by atoms with Crippen LogP contribution < -0.4 is 0 Å². The molecule has 0 aromatic carbocycles. The topological polar surface area (TPSA) is 30.2 Å². The van der Waals surface area contributed by atoms with Gasteiger partial charge in [-0.2, -0.15) is 0 Å². The molecule has 0 radical (unpaired) electrons. The molecule has 0 bridgehead atoms. The summed E-state index contributed by atoms with van der Waals surface area (Å²) in [5, 5.41) is 0. The van der Waals surface area contributed by atoms with Crippen molar-refractivity contribution in [1.82, 2.24) is 0 Å². The summed E-state index contributed by atoms with van der Waals surface area (Å²) < 4.78 is 5.13. The molecular formula is C23H40O2. The van der Waals surface area contributed by atoms with E-state index in [2.05, 4.69) is 6.92 Å². The molecule has 0 spiro atoms. The van der Waals surface area contributed by atoms with Gasteiger partial charge in [0.25, 0.3) is 0 Å². The highest BCUT2D eigenvalue weighted by molar-refractivity contribution is 5.93. The largest absolute Gasteiger partial charge is 0.461 e. The lowest BCUT2D eigenvalue weighted by Crippen LogP contribution is -1.96. The molecule has 0 saturated heterocycles. The van der Waals surface area contributed by atoms with E-state index < -0.39 is 0 Å². The van der Waals surface area contributed by atoms with Gasteiger partial charge < -0.3 is 4.42 Å². The maximum atomic E-state index is 11.8. The maximum Gasteiger partial charge on any atom is 0.197 e. The van der Waals surface area contributed by atoms with Gasteiger partial charge in [-0.05, 0) is 18.6 Å². The minimum Gasteiger partial charge on any atom is -0.461 e. The Bertz CT molecular complexity index is 394. The van der Waals surface area contributed by atoms with Crippen LogP contribution in [0.25, 0.3) is 0 Å². The fraction of sp³-hybridized carbons (Fsp3) is 0.783. The molecule has 2 heteroatoms. The minimum absolute atomic E-state index is 0.148. The van der Waals surface area contributed by atoms with Gasteiger partial charge >= 0.3 is 0 Å². The summed E-state index contributed by atoms with van der Waals surface area (Å²) in [5.74, 6) is 0.663. The number of hydrogen-bond acceptors (Lipinski definition) is 2. The zero-order valence-corrected chi connectivity index (χ0v) is 16.6. The Hall–Kier alpha value is -1.05. The van der Waals surface area contributed by atoms with Crippen molar-refractivity contribution in [3.63, 3.8) is 0 Å². The first-order valence-electron chi connectivity index (χ1n) is 10.9. The average molecular weight is 349 g/mol. The van der Waals surface area contributed by atoms with Gasteiger partial charge in [-0.15, -0.1) is 0 Å². The third-order valence-corrected chi connectivity index (χ3v) is 5.05. The molecule has 0 amide bonds. The van der Waals surface area contributed by atoms with E-state index in [0.29, 0.717) is 12.2 Å². The molecule has 1 aromatic rings. The number of carbonyl (C=O) groups excluding carboxylic acids is 1. The molecule has 0 unspecified atom stereocenters. The van der Waals surface area contributed by atoms with E-state index in [1.807, 2.05) is 0 Å². The lowest BCUT2D eigenvalue weighted by molar-refractivity contribution is 0.0952. The predicted molar refractivity (Wildman–Crippen MR) is 107 cm³/mol. The first kappa shape index (κ1) is 22.0. The van der Waals surface area contributed by atoms with Crippen molar-refractivity contribution in [2.45, 2.75) is 116 Å². The van der Waals surface area contributed by atoms with E-state index >= 15 is 0 Å². The van der Waals surface area contributed by atoms with E-state index in [1.54, 1.807) is 18.4 Å². The van der Waals surface area contributed by atoms with E-state index in [0.717, 1.165) is 6.42 Å². The van der Waals surface area contributed by atoms with E-state index in [9.17, 15) is 4.79 Å². The Balaban J connectivity index is 1.73. The maximum absolute atomic E-state index is 11.8. The van der Waals surface area contributed by atoms with Crippen molar-refractivity contribution in [2.75, 3.05) is 0 Å². The Kier molecular flexibility index (Phi) is 14.4. The molecule has 1 aromatic heterocycles. The Morgan fingerprint density at radius 3 is 1.56 bits per heavy atom. The van der Waals surface area contributed by atoms with Crippen LogP contribution in [0.2, 0.25) is 0 Å². The van der Waals surface area contributed by atoms with E-state index in [4.69, 9.17) is 4.42 Å². The fourth-order valence-corrected chi connectivity index (χ4v) is 3.39. The number of rotatable bonds is 18. The van der Waals surface area contributed by atoms with Crippen molar-refractivity contribution < 1.29 is 9.21 Å². The molecule has 2 nitrogen and oxygen atoms in total. The molecule has 0 atom stereocenters. The highest BCUT2D eigenvalue weighted by Crippen LogP contribution is 2.14. The van der Waals surface area contributed by atoms with Gasteiger partial charge in [0.05, 0.1) is 6.26 Å². The molecule has 0 aliphatic rings. The summed E-state index contributed by atoms with van der Waals surface area (Å²) in [4.78, 5) is 11.8. The first-order chi connectivity index (χ1) is 12.3. The van der Waals surface area contributed by atoms with Crippen molar-refractivity contribution in [3.8, 4) is 0 Å². The second kappa shape index (κ2) is 16.4. The molecule has 1 rings (SSSR count). The number of hydrogen-bond donors (Lipinski definition) is 0. The quantitative estimate of drug-likeness (QED) is 0.198. The summed E-state index contributed by atoms with van der Waals surface area (Å²) in [7, 11) is 0. The van der Waals surface area contributed by atoms with Crippen LogP contribution in [0.3, 0.4) is 0 Å².